The lowest BCUT2D eigenvalue weighted by Crippen LogP contribution is -2.40. The number of aromatic carboxylic acids is 1. The molecule has 1 N–H and O–H groups in total. The number of piperidine rings is 1. The molecule has 4 nitrogen and oxygen atoms in total. The van der Waals surface area contributed by atoms with Gasteiger partial charge in [0, 0.05) is 23.6 Å². The molecule has 0 aliphatic carbocycles. The van der Waals surface area contributed by atoms with E-state index in [0.717, 1.165) is 23.2 Å². The van der Waals surface area contributed by atoms with Crippen molar-refractivity contribution in [3.63, 3.8) is 0 Å². The Bertz CT molecular complexity index is 529. The summed E-state index contributed by atoms with van der Waals surface area (Å²) in [4.78, 5) is 16.0. The van der Waals surface area contributed by atoms with Gasteiger partial charge < -0.3 is 10.0 Å². The third kappa shape index (κ3) is 3.24. The molecule has 21 heavy (non-hydrogen) atoms. The highest BCUT2D eigenvalue weighted by molar-refractivity contribution is 9.10. The standard InChI is InChI=1S/C16H21BrN2O2/c17-14-10-12(16(20)21)4-5-15(14)19-9-6-13(11-19)18-7-2-1-3-8-18/h4-5,10,13H,1-3,6-9,11H2,(H,20,21). The molecule has 0 spiro atoms. The molecule has 114 valence electrons. The minimum Gasteiger partial charge on any atom is -0.478 e. The van der Waals surface area contributed by atoms with E-state index in [1.54, 1.807) is 12.1 Å². The molecule has 3 rings (SSSR count). The van der Waals surface area contributed by atoms with Gasteiger partial charge in [0.05, 0.1) is 11.3 Å². The van der Waals surface area contributed by atoms with Crippen LogP contribution in [0.25, 0.3) is 0 Å². The smallest absolute Gasteiger partial charge is 0.335 e. The first kappa shape index (κ1) is 14.9. The largest absolute Gasteiger partial charge is 0.478 e. The van der Waals surface area contributed by atoms with Crippen LogP contribution >= 0.6 is 15.9 Å². The average molecular weight is 353 g/mol. The first-order valence-electron chi connectivity index (χ1n) is 7.67. The molecule has 2 aliphatic rings. The summed E-state index contributed by atoms with van der Waals surface area (Å²) in [7, 11) is 0. The fourth-order valence-electron chi connectivity index (χ4n) is 3.44. The first-order valence-corrected chi connectivity index (χ1v) is 8.46. The molecule has 1 atom stereocenters. The zero-order chi connectivity index (χ0) is 14.8. The monoisotopic (exact) mass is 352 g/mol. The Morgan fingerprint density at radius 2 is 1.95 bits per heavy atom. The van der Waals surface area contributed by atoms with Crippen molar-refractivity contribution in [2.45, 2.75) is 31.7 Å². The number of carboxylic acids is 1. The lowest BCUT2D eigenvalue weighted by atomic mass is 10.1. The third-order valence-electron chi connectivity index (χ3n) is 4.61. The van der Waals surface area contributed by atoms with Crippen molar-refractivity contribution in [2.24, 2.45) is 0 Å². The molecule has 1 aromatic rings. The summed E-state index contributed by atoms with van der Waals surface area (Å²) in [5, 5.41) is 9.04. The lowest BCUT2D eigenvalue weighted by Gasteiger charge is -2.32. The number of hydrogen-bond acceptors (Lipinski definition) is 3. The summed E-state index contributed by atoms with van der Waals surface area (Å²) in [5.41, 5.74) is 1.44. The molecule has 0 radical (unpaired) electrons. The Morgan fingerprint density at radius 1 is 1.19 bits per heavy atom. The van der Waals surface area contributed by atoms with E-state index in [0.29, 0.717) is 11.6 Å². The SMILES string of the molecule is O=C(O)c1ccc(N2CCC(N3CCCCC3)C2)c(Br)c1. The normalized spacial score (nSPS) is 23.5. The van der Waals surface area contributed by atoms with E-state index < -0.39 is 5.97 Å². The number of likely N-dealkylation sites (tertiary alicyclic amines) is 1. The maximum atomic E-state index is 11.0. The van der Waals surface area contributed by atoms with E-state index in [9.17, 15) is 4.79 Å². The van der Waals surface area contributed by atoms with Gasteiger partial charge in [-0.05, 0) is 66.5 Å². The van der Waals surface area contributed by atoms with Crippen LogP contribution in [0, 0.1) is 0 Å². The quantitative estimate of drug-likeness (QED) is 0.906. The van der Waals surface area contributed by atoms with Crippen LogP contribution in [0.2, 0.25) is 0 Å². The van der Waals surface area contributed by atoms with Crippen molar-refractivity contribution >= 4 is 27.6 Å². The molecule has 2 saturated heterocycles. The molecule has 0 saturated carbocycles. The molecule has 0 bridgehead atoms. The van der Waals surface area contributed by atoms with E-state index in [2.05, 4.69) is 25.7 Å². The molecule has 0 amide bonds. The Morgan fingerprint density at radius 3 is 2.62 bits per heavy atom. The van der Waals surface area contributed by atoms with Gasteiger partial charge in [0.25, 0.3) is 0 Å². The second-order valence-corrected chi connectivity index (χ2v) is 6.81. The molecule has 5 heteroatoms. The van der Waals surface area contributed by atoms with E-state index in [-0.39, 0.29) is 0 Å². The van der Waals surface area contributed by atoms with Crippen LogP contribution in [0.4, 0.5) is 5.69 Å². The zero-order valence-corrected chi connectivity index (χ0v) is 13.7. The van der Waals surface area contributed by atoms with Gasteiger partial charge in [-0.25, -0.2) is 4.79 Å². The van der Waals surface area contributed by atoms with Crippen molar-refractivity contribution in [2.75, 3.05) is 31.1 Å². The van der Waals surface area contributed by atoms with E-state index in [4.69, 9.17) is 5.11 Å². The van der Waals surface area contributed by atoms with Crippen LogP contribution in [0.15, 0.2) is 22.7 Å². The van der Waals surface area contributed by atoms with Crippen LogP contribution < -0.4 is 4.90 Å². The number of benzene rings is 1. The van der Waals surface area contributed by atoms with Crippen molar-refractivity contribution in [3.05, 3.63) is 28.2 Å². The molecule has 0 aromatic heterocycles. The average Bonchev–Trinajstić information content (AvgIpc) is 2.97. The van der Waals surface area contributed by atoms with Crippen LogP contribution in [0.1, 0.15) is 36.0 Å². The van der Waals surface area contributed by atoms with Crippen LogP contribution in [0.5, 0.6) is 0 Å². The second kappa shape index (κ2) is 6.36. The highest BCUT2D eigenvalue weighted by Gasteiger charge is 2.29. The number of rotatable bonds is 3. The summed E-state index contributed by atoms with van der Waals surface area (Å²) in [6.45, 7) is 4.56. The molecular weight excluding hydrogens is 332 g/mol. The van der Waals surface area contributed by atoms with E-state index >= 15 is 0 Å². The Kier molecular flexibility index (Phi) is 4.50. The van der Waals surface area contributed by atoms with Crippen LogP contribution in [-0.4, -0.2) is 48.2 Å². The first-order chi connectivity index (χ1) is 10.1. The maximum Gasteiger partial charge on any atom is 0.335 e. The number of carbonyl (C=O) groups is 1. The molecule has 2 aliphatic heterocycles. The van der Waals surface area contributed by atoms with Crippen LogP contribution in [-0.2, 0) is 0 Å². The highest BCUT2D eigenvalue weighted by Crippen LogP contribution is 2.31. The van der Waals surface area contributed by atoms with Crippen molar-refractivity contribution < 1.29 is 9.90 Å². The molecule has 2 fully saturated rings. The molecule has 1 aromatic carbocycles. The Hall–Kier alpha value is -1.07. The summed E-state index contributed by atoms with van der Waals surface area (Å²) in [5.74, 6) is -0.880. The molecule has 1 unspecified atom stereocenters. The van der Waals surface area contributed by atoms with Gasteiger partial charge in [0.1, 0.15) is 0 Å². The minimum absolute atomic E-state index is 0.331. The predicted molar refractivity (Wildman–Crippen MR) is 87.1 cm³/mol. The zero-order valence-electron chi connectivity index (χ0n) is 12.1. The predicted octanol–water partition coefficient (Wildman–Crippen LogP) is 3.21. The van der Waals surface area contributed by atoms with Crippen molar-refractivity contribution in [3.8, 4) is 0 Å². The van der Waals surface area contributed by atoms with Gasteiger partial charge in [-0.15, -0.1) is 0 Å². The van der Waals surface area contributed by atoms with Gasteiger partial charge in [0.2, 0.25) is 0 Å². The number of carboxylic acid groups (broad SMARTS) is 1. The third-order valence-corrected chi connectivity index (χ3v) is 5.24. The summed E-state index contributed by atoms with van der Waals surface area (Å²) < 4.78 is 0.877. The number of halogens is 1. The van der Waals surface area contributed by atoms with Gasteiger partial charge >= 0.3 is 5.97 Å². The molecule has 2 heterocycles. The second-order valence-electron chi connectivity index (χ2n) is 5.96. The highest BCUT2D eigenvalue weighted by atomic mass is 79.9. The van der Waals surface area contributed by atoms with E-state index in [1.165, 1.54) is 38.8 Å². The lowest BCUT2D eigenvalue weighted by molar-refractivity contribution is 0.0697. The summed E-state index contributed by atoms with van der Waals surface area (Å²) in [6, 6.07) is 5.96. The van der Waals surface area contributed by atoms with Gasteiger partial charge in [-0.3, -0.25) is 4.90 Å². The van der Waals surface area contributed by atoms with Gasteiger partial charge in [0.15, 0.2) is 0 Å². The fourth-order valence-corrected chi connectivity index (χ4v) is 4.07. The maximum absolute atomic E-state index is 11.0. The number of anilines is 1. The minimum atomic E-state index is -0.880. The van der Waals surface area contributed by atoms with Gasteiger partial charge in [-0.1, -0.05) is 6.42 Å². The number of hydrogen-bond donors (Lipinski definition) is 1. The fraction of sp³-hybridized carbons (Fsp3) is 0.562. The van der Waals surface area contributed by atoms with E-state index in [1.807, 2.05) is 6.07 Å². The Balaban J connectivity index is 1.69. The molecular formula is C16H21BrN2O2. The van der Waals surface area contributed by atoms with Crippen molar-refractivity contribution in [1.29, 1.82) is 0 Å². The summed E-state index contributed by atoms with van der Waals surface area (Å²) in [6.07, 6.45) is 5.23. The van der Waals surface area contributed by atoms with Gasteiger partial charge in [-0.2, -0.15) is 0 Å². The topological polar surface area (TPSA) is 43.8 Å². The van der Waals surface area contributed by atoms with Crippen LogP contribution in [0.3, 0.4) is 0 Å². The summed E-state index contributed by atoms with van der Waals surface area (Å²) >= 11 is 3.52. The Labute approximate surface area is 133 Å². The van der Waals surface area contributed by atoms with Crippen molar-refractivity contribution in [1.82, 2.24) is 4.90 Å². The number of nitrogens with zero attached hydrogens (tertiary/aromatic N) is 2.